The fourth-order valence-corrected chi connectivity index (χ4v) is 4.40. The minimum absolute atomic E-state index is 0.0469. The molecule has 4 aromatic rings. The maximum absolute atomic E-state index is 14.8. The van der Waals surface area contributed by atoms with Gasteiger partial charge in [-0.25, -0.2) is 4.39 Å². The van der Waals surface area contributed by atoms with Gasteiger partial charge in [0.25, 0.3) is 5.56 Å². The summed E-state index contributed by atoms with van der Waals surface area (Å²) in [5, 5.41) is 7.57. The molecule has 3 aromatic carbocycles. The molecule has 0 spiro atoms. The van der Waals surface area contributed by atoms with Crippen molar-refractivity contribution in [3.8, 4) is 0 Å². The number of hydrogen-bond donors (Lipinski definition) is 2. The summed E-state index contributed by atoms with van der Waals surface area (Å²) in [6.07, 6.45) is 0. The maximum atomic E-state index is 14.8. The van der Waals surface area contributed by atoms with Crippen LogP contribution in [-0.2, 0) is 6.54 Å². The molecule has 0 saturated carbocycles. The molecule has 1 fully saturated rings. The van der Waals surface area contributed by atoms with Crippen LogP contribution in [0.3, 0.4) is 0 Å². The molecule has 0 unspecified atom stereocenters. The van der Waals surface area contributed by atoms with Crippen LogP contribution >= 0.6 is 0 Å². The number of aryl methyl sites for hydroxylation is 1. The van der Waals surface area contributed by atoms with Gasteiger partial charge in [0.15, 0.2) is 0 Å². The summed E-state index contributed by atoms with van der Waals surface area (Å²) in [5.74, 6) is -0.237. The van der Waals surface area contributed by atoms with E-state index in [0.29, 0.717) is 17.9 Å². The molecule has 1 saturated heterocycles. The lowest BCUT2D eigenvalue weighted by atomic mass is 10.1. The lowest BCUT2D eigenvalue weighted by Gasteiger charge is -2.29. The molecule has 1 aliphatic heterocycles. The Morgan fingerprint density at radius 2 is 1.67 bits per heavy atom. The molecule has 0 amide bonds. The normalized spacial score (nSPS) is 13.9. The van der Waals surface area contributed by atoms with Crippen molar-refractivity contribution in [1.82, 2.24) is 9.88 Å². The topological polar surface area (TPSA) is 49.3 Å². The minimum Gasteiger partial charge on any atom is -0.367 e. The molecule has 1 aromatic heterocycles. The zero-order valence-corrected chi connectivity index (χ0v) is 18.6. The van der Waals surface area contributed by atoms with E-state index in [1.54, 1.807) is 10.6 Å². The van der Waals surface area contributed by atoms with Crippen LogP contribution in [0.2, 0.25) is 0 Å². The molecule has 1 aliphatic rings. The molecule has 168 valence electrons. The second-order valence-corrected chi connectivity index (χ2v) is 8.49. The fourth-order valence-electron chi connectivity index (χ4n) is 4.40. The van der Waals surface area contributed by atoms with Gasteiger partial charge >= 0.3 is 0 Å². The zero-order chi connectivity index (χ0) is 22.8. The van der Waals surface area contributed by atoms with E-state index in [1.807, 2.05) is 54.6 Å². The number of rotatable bonds is 5. The Bertz CT molecular complexity index is 1360. The van der Waals surface area contributed by atoms with Gasteiger partial charge in [-0.2, -0.15) is 0 Å². The number of fused-ring (bicyclic) bond motifs is 1. The number of halogens is 1. The van der Waals surface area contributed by atoms with Crippen molar-refractivity contribution in [2.24, 2.45) is 0 Å². The third kappa shape index (κ3) is 4.47. The molecule has 0 atom stereocenters. The van der Waals surface area contributed by atoms with Gasteiger partial charge in [0.05, 0.1) is 17.7 Å². The molecule has 5 rings (SSSR count). The first-order valence-electron chi connectivity index (χ1n) is 11.3. The Morgan fingerprint density at radius 3 is 2.45 bits per heavy atom. The Labute approximate surface area is 192 Å². The zero-order valence-electron chi connectivity index (χ0n) is 18.6. The van der Waals surface area contributed by atoms with Crippen molar-refractivity contribution in [3.63, 3.8) is 0 Å². The fraction of sp³-hybridized carbons (Fsp3) is 0.222. The molecule has 33 heavy (non-hydrogen) atoms. The maximum Gasteiger partial charge on any atom is 0.251 e. The van der Waals surface area contributed by atoms with Crippen LogP contribution < -0.4 is 21.1 Å². The monoisotopic (exact) mass is 442 g/mol. The number of nitrogens with zero attached hydrogens (tertiary/aromatic N) is 2. The highest BCUT2D eigenvalue weighted by Crippen LogP contribution is 2.27. The third-order valence-corrected chi connectivity index (χ3v) is 6.28. The largest absolute Gasteiger partial charge is 0.367 e. The van der Waals surface area contributed by atoms with Gasteiger partial charge < -0.3 is 20.1 Å². The summed E-state index contributed by atoms with van der Waals surface area (Å²) in [7, 11) is 0. The highest BCUT2D eigenvalue weighted by molar-refractivity contribution is 5.84. The van der Waals surface area contributed by atoms with Crippen LogP contribution in [-0.4, -0.2) is 30.7 Å². The van der Waals surface area contributed by atoms with E-state index >= 15 is 0 Å². The molecule has 0 radical (unpaired) electrons. The van der Waals surface area contributed by atoms with Crippen LogP contribution in [0, 0.1) is 12.7 Å². The van der Waals surface area contributed by atoms with Crippen molar-refractivity contribution in [1.29, 1.82) is 0 Å². The van der Waals surface area contributed by atoms with Gasteiger partial charge in [-0.05, 0) is 59.8 Å². The van der Waals surface area contributed by atoms with E-state index in [2.05, 4.69) is 28.5 Å². The van der Waals surface area contributed by atoms with Gasteiger partial charge in [0.2, 0.25) is 0 Å². The number of anilines is 3. The summed E-state index contributed by atoms with van der Waals surface area (Å²) in [4.78, 5) is 14.8. The average Bonchev–Trinajstić information content (AvgIpc) is 2.83. The van der Waals surface area contributed by atoms with E-state index in [-0.39, 0.29) is 11.4 Å². The lowest BCUT2D eigenvalue weighted by Crippen LogP contribution is -2.43. The van der Waals surface area contributed by atoms with Crippen molar-refractivity contribution < 1.29 is 4.39 Å². The lowest BCUT2D eigenvalue weighted by molar-refractivity contribution is 0.566. The first-order valence-corrected chi connectivity index (χ1v) is 11.3. The second kappa shape index (κ2) is 9.08. The molecular weight excluding hydrogens is 415 g/mol. The van der Waals surface area contributed by atoms with E-state index in [0.717, 1.165) is 53.9 Å². The number of benzene rings is 3. The van der Waals surface area contributed by atoms with Crippen LogP contribution in [0.15, 0.2) is 77.6 Å². The third-order valence-electron chi connectivity index (χ3n) is 6.28. The van der Waals surface area contributed by atoms with Gasteiger partial charge in [-0.15, -0.1) is 0 Å². The molecule has 5 nitrogen and oxygen atoms in total. The predicted molar refractivity (Wildman–Crippen MR) is 133 cm³/mol. The first-order chi connectivity index (χ1) is 16.1. The van der Waals surface area contributed by atoms with E-state index in [1.165, 1.54) is 6.07 Å². The van der Waals surface area contributed by atoms with Crippen LogP contribution in [0.25, 0.3) is 10.9 Å². The van der Waals surface area contributed by atoms with Crippen LogP contribution in [0.1, 0.15) is 11.1 Å². The standard InChI is InChI=1S/C27H27FN4O/c1-19-4-2-3-5-21(19)18-32-26-17-23(8-6-20(26)7-11-27(32)33)30-22-9-10-25(24(28)16-22)31-14-12-29-13-15-31/h2-11,16-17,29-30H,12-15,18H2,1H3. The quantitative estimate of drug-likeness (QED) is 0.472. The number of piperazine rings is 1. The SMILES string of the molecule is Cc1ccccc1Cn1c(=O)ccc2ccc(Nc3ccc(N4CCNCC4)c(F)c3)cc21. The summed E-state index contributed by atoms with van der Waals surface area (Å²) in [6.45, 7) is 5.87. The Hall–Kier alpha value is -3.64. The average molecular weight is 443 g/mol. The van der Waals surface area contributed by atoms with E-state index in [4.69, 9.17) is 0 Å². The highest BCUT2D eigenvalue weighted by atomic mass is 19.1. The molecule has 6 heteroatoms. The van der Waals surface area contributed by atoms with E-state index < -0.39 is 0 Å². The summed E-state index contributed by atoms with van der Waals surface area (Å²) in [5.41, 5.74) is 5.16. The first kappa shape index (κ1) is 21.2. The summed E-state index contributed by atoms with van der Waals surface area (Å²) in [6, 6.07) is 22.7. The number of aromatic nitrogens is 1. The van der Waals surface area contributed by atoms with Gasteiger partial charge in [0.1, 0.15) is 5.82 Å². The van der Waals surface area contributed by atoms with Crippen molar-refractivity contribution >= 4 is 28.0 Å². The van der Waals surface area contributed by atoms with Crippen molar-refractivity contribution in [3.05, 3.63) is 100 Å². The number of hydrogen-bond acceptors (Lipinski definition) is 4. The number of pyridine rings is 1. The highest BCUT2D eigenvalue weighted by Gasteiger charge is 2.15. The molecule has 2 N–H and O–H groups in total. The van der Waals surface area contributed by atoms with Crippen LogP contribution in [0.4, 0.5) is 21.5 Å². The van der Waals surface area contributed by atoms with Crippen molar-refractivity contribution in [2.45, 2.75) is 13.5 Å². The van der Waals surface area contributed by atoms with Crippen molar-refractivity contribution in [2.75, 3.05) is 36.4 Å². The summed E-state index contributed by atoms with van der Waals surface area (Å²) < 4.78 is 16.6. The molecule has 0 bridgehead atoms. The van der Waals surface area contributed by atoms with Crippen LogP contribution in [0.5, 0.6) is 0 Å². The Balaban J connectivity index is 1.45. The summed E-state index contributed by atoms with van der Waals surface area (Å²) >= 11 is 0. The van der Waals surface area contributed by atoms with Gasteiger partial charge in [0, 0.05) is 43.6 Å². The smallest absolute Gasteiger partial charge is 0.251 e. The second-order valence-electron chi connectivity index (χ2n) is 8.49. The molecule has 0 aliphatic carbocycles. The van der Waals surface area contributed by atoms with Gasteiger partial charge in [-0.1, -0.05) is 30.3 Å². The molecule has 2 heterocycles. The number of nitrogens with one attached hydrogen (secondary N) is 2. The van der Waals surface area contributed by atoms with Gasteiger partial charge in [-0.3, -0.25) is 4.79 Å². The Morgan fingerprint density at radius 1 is 0.939 bits per heavy atom. The Kier molecular flexibility index (Phi) is 5.84. The molecular formula is C27H27FN4O. The predicted octanol–water partition coefficient (Wildman–Crippen LogP) is 4.65. The minimum atomic E-state index is -0.237. The van der Waals surface area contributed by atoms with E-state index in [9.17, 15) is 9.18 Å².